The molecule has 1 rings (SSSR count). The molecule has 3 nitrogen and oxygen atoms in total. The first kappa shape index (κ1) is 8.46. The molecule has 2 unspecified atom stereocenters. The predicted octanol–water partition coefficient (Wildman–Crippen LogP) is 0.808. The highest BCUT2D eigenvalue weighted by Gasteiger charge is 2.31. The van der Waals surface area contributed by atoms with Crippen molar-refractivity contribution in [2.24, 2.45) is 5.73 Å². The third-order valence-electron chi connectivity index (χ3n) is 1.79. The van der Waals surface area contributed by atoms with E-state index in [1.165, 1.54) is 0 Å². The van der Waals surface area contributed by atoms with Crippen molar-refractivity contribution in [1.29, 1.82) is 0 Å². The SMILES string of the molecule is CC1SC(C)C(C(=O)O)=C1N. The summed E-state index contributed by atoms with van der Waals surface area (Å²) in [5.74, 6) is -0.883. The van der Waals surface area contributed by atoms with E-state index in [0.717, 1.165) is 0 Å². The number of carboxylic acids is 1. The molecule has 0 aromatic rings. The van der Waals surface area contributed by atoms with E-state index in [2.05, 4.69) is 0 Å². The highest BCUT2D eigenvalue weighted by Crippen LogP contribution is 2.35. The Balaban J connectivity index is 2.97. The highest BCUT2D eigenvalue weighted by molar-refractivity contribution is 8.01. The number of hydrogen-bond acceptors (Lipinski definition) is 3. The van der Waals surface area contributed by atoms with E-state index >= 15 is 0 Å². The van der Waals surface area contributed by atoms with E-state index in [1.54, 1.807) is 11.8 Å². The van der Waals surface area contributed by atoms with E-state index in [4.69, 9.17) is 10.8 Å². The van der Waals surface area contributed by atoms with E-state index in [9.17, 15) is 4.79 Å². The van der Waals surface area contributed by atoms with Crippen molar-refractivity contribution in [3.63, 3.8) is 0 Å². The van der Waals surface area contributed by atoms with E-state index in [1.807, 2.05) is 13.8 Å². The zero-order valence-electron chi connectivity index (χ0n) is 6.50. The number of rotatable bonds is 1. The van der Waals surface area contributed by atoms with Gasteiger partial charge >= 0.3 is 5.97 Å². The zero-order chi connectivity index (χ0) is 8.59. The summed E-state index contributed by atoms with van der Waals surface area (Å²) in [5, 5.41) is 8.90. The molecule has 1 aliphatic heterocycles. The minimum Gasteiger partial charge on any atom is -0.478 e. The minimum absolute atomic E-state index is 0.0301. The lowest BCUT2D eigenvalue weighted by Gasteiger charge is -2.01. The number of carboxylic acid groups (broad SMARTS) is 1. The van der Waals surface area contributed by atoms with Gasteiger partial charge < -0.3 is 10.8 Å². The fraction of sp³-hybridized carbons (Fsp3) is 0.571. The van der Waals surface area contributed by atoms with Crippen molar-refractivity contribution in [3.05, 3.63) is 11.3 Å². The van der Waals surface area contributed by atoms with Crippen LogP contribution in [0.4, 0.5) is 0 Å². The van der Waals surface area contributed by atoms with Gasteiger partial charge in [-0.2, -0.15) is 0 Å². The van der Waals surface area contributed by atoms with Crippen LogP contribution in [0.3, 0.4) is 0 Å². The molecular weight excluding hydrogens is 162 g/mol. The van der Waals surface area contributed by atoms with Crippen LogP contribution in [0, 0.1) is 0 Å². The molecule has 0 fully saturated rings. The first-order valence-corrected chi connectivity index (χ1v) is 4.36. The smallest absolute Gasteiger partial charge is 0.334 e. The maximum atomic E-state index is 10.6. The van der Waals surface area contributed by atoms with Gasteiger partial charge in [0.2, 0.25) is 0 Å². The number of nitrogens with two attached hydrogens (primary N) is 1. The molecule has 62 valence electrons. The van der Waals surface area contributed by atoms with Crippen molar-refractivity contribution in [3.8, 4) is 0 Å². The van der Waals surface area contributed by atoms with Crippen molar-refractivity contribution in [2.75, 3.05) is 0 Å². The quantitative estimate of drug-likeness (QED) is 0.616. The first-order chi connectivity index (χ1) is 5.04. The molecule has 1 heterocycles. The van der Waals surface area contributed by atoms with Crippen molar-refractivity contribution < 1.29 is 9.90 Å². The van der Waals surface area contributed by atoms with Crippen molar-refractivity contribution in [2.45, 2.75) is 24.3 Å². The van der Waals surface area contributed by atoms with Gasteiger partial charge in [0.1, 0.15) is 0 Å². The molecule has 11 heavy (non-hydrogen) atoms. The second-order valence-corrected chi connectivity index (χ2v) is 4.28. The lowest BCUT2D eigenvalue weighted by molar-refractivity contribution is -0.132. The normalized spacial score (nSPS) is 31.1. The Hall–Kier alpha value is -0.640. The van der Waals surface area contributed by atoms with Crippen LogP contribution in [-0.4, -0.2) is 21.6 Å². The molecule has 0 spiro atoms. The highest BCUT2D eigenvalue weighted by atomic mass is 32.2. The lowest BCUT2D eigenvalue weighted by Crippen LogP contribution is -2.14. The molecule has 0 radical (unpaired) electrons. The minimum atomic E-state index is -0.883. The Labute approximate surface area is 69.7 Å². The van der Waals surface area contributed by atoms with Crippen LogP contribution in [0.15, 0.2) is 11.3 Å². The molecule has 2 atom stereocenters. The van der Waals surface area contributed by atoms with Crippen LogP contribution < -0.4 is 5.73 Å². The third-order valence-corrected chi connectivity index (χ3v) is 3.10. The maximum absolute atomic E-state index is 10.6. The molecule has 4 heteroatoms. The molecule has 0 bridgehead atoms. The summed E-state index contributed by atoms with van der Waals surface area (Å²) in [5.41, 5.74) is 6.49. The van der Waals surface area contributed by atoms with Crippen LogP contribution in [-0.2, 0) is 4.79 Å². The Bertz CT molecular complexity index is 224. The number of hydrogen-bond donors (Lipinski definition) is 2. The molecule has 1 aliphatic rings. The average molecular weight is 173 g/mol. The van der Waals surface area contributed by atoms with E-state index in [-0.39, 0.29) is 10.5 Å². The monoisotopic (exact) mass is 173 g/mol. The fourth-order valence-corrected chi connectivity index (χ4v) is 2.46. The fourth-order valence-electron chi connectivity index (χ4n) is 1.20. The predicted molar refractivity (Wildman–Crippen MR) is 45.4 cm³/mol. The van der Waals surface area contributed by atoms with Gasteiger partial charge in [0, 0.05) is 16.2 Å². The third kappa shape index (κ3) is 1.35. The summed E-state index contributed by atoms with van der Waals surface area (Å²) in [4.78, 5) is 10.6. The van der Waals surface area contributed by atoms with Gasteiger partial charge in [-0.3, -0.25) is 0 Å². The van der Waals surface area contributed by atoms with Crippen LogP contribution in [0.5, 0.6) is 0 Å². The van der Waals surface area contributed by atoms with E-state index < -0.39 is 5.97 Å². The number of aliphatic carboxylic acids is 1. The molecule has 0 aromatic carbocycles. The van der Waals surface area contributed by atoms with Crippen LogP contribution in [0.1, 0.15) is 13.8 Å². The Kier molecular flexibility index (Phi) is 2.13. The standard InChI is InChI=1S/C7H11NO2S/c1-3-5(7(9)10)6(8)4(2)11-3/h3-4H,8H2,1-2H3,(H,9,10). The van der Waals surface area contributed by atoms with Crippen LogP contribution in [0.2, 0.25) is 0 Å². The Morgan fingerprint density at radius 3 is 2.27 bits per heavy atom. The average Bonchev–Trinajstić information content (AvgIpc) is 2.07. The second kappa shape index (κ2) is 2.77. The maximum Gasteiger partial charge on any atom is 0.334 e. The summed E-state index contributed by atoms with van der Waals surface area (Å²) in [6, 6.07) is 0. The summed E-state index contributed by atoms with van der Waals surface area (Å²) in [6.07, 6.45) is 0. The molecule has 0 amide bonds. The van der Waals surface area contributed by atoms with Gasteiger partial charge in [0.05, 0.1) is 5.57 Å². The van der Waals surface area contributed by atoms with Crippen molar-refractivity contribution >= 4 is 17.7 Å². The molecule has 0 aromatic heterocycles. The van der Waals surface area contributed by atoms with E-state index in [0.29, 0.717) is 11.3 Å². The van der Waals surface area contributed by atoms with Crippen LogP contribution in [0.25, 0.3) is 0 Å². The van der Waals surface area contributed by atoms with Gasteiger partial charge in [-0.15, -0.1) is 11.8 Å². The van der Waals surface area contributed by atoms with Gasteiger partial charge in [-0.25, -0.2) is 4.79 Å². The largest absolute Gasteiger partial charge is 0.478 e. The topological polar surface area (TPSA) is 63.3 Å². The number of thioether (sulfide) groups is 1. The summed E-state index contributed by atoms with van der Waals surface area (Å²) < 4.78 is 0. The molecule has 3 N–H and O–H groups in total. The van der Waals surface area contributed by atoms with Gasteiger partial charge in [-0.1, -0.05) is 0 Å². The lowest BCUT2D eigenvalue weighted by atomic mass is 10.1. The molecule has 0 saturated heterocycles. The summed E-state index contributed by atoms with van der Waals surface area (Å²) >= 11 is 1.58. The Morgan fingerprint density at radius 1 is 1.55 bits per heavy atom. The molecular formula is C7H11NO2S. The summed E-state index contributed by atoms with van der Waals surface area (Å²) in [7, 11) is 0. The van der Waals surface area contributed by atoms with Gasteiger partial charge in [0.15, 0.2) is 0 Å². The Morgan fingerprint density at radius 2 is 2.09 bits per heavy atom. The summed E-state index contributed by atoms with van der Waals surface area (Å²) in [6.45, 7) is 3.79. The second-order valence-electron chi connectivity index (χ2n) is 2.59. The first-order valence-electron chi connectivity index (χ1n) is 3.42. The number of carbonyl (C=O) groups is 1. The van der Waals surface area contributed by atoms with Gasteiger partial charge in [0.25, 0.3) is 0 Å². The molecule has 0 aliphatic carbocycles. The van der Waals surface area contributed by atoms with Crippen LogP contribution >= 0.6 is 11.8 Å². The zero-order valence-corrected chi connectivity index (χ0v) is 7.31. The molecule has 0 saturated carbocycles. The van der Waals surface area contributed by atoms with Gasteiger partial charge in [-0.05, 0) is 13.8 Å². The van der Waals surface area contributed by atoms with Crippen molar-refractivity contribution in [1.82, 2.24) is 0 Å².